The standard InChI is InChI=1S/C11H17NO/c1-9-5-4-8-12(9)10-6-2-3-7-11(10)13/h4-5,8,10-11,13H,2-3,6-7H2,1H3/t10-,11-/m1/s1. The summed E-state index contributed by atoms with van der Waals surface area (Å²) in [5.74, 6) is 0. The molecule has 0 amide bonds. The third-order valence-corrected chi connectivity index (χ3v) is 3.04. The number of aromatic nitrogens is 1. The van der Waals surface area contributed by atoms with Crippen LogP contribution in [0.15, 0.2) is 18.3 Å². The molecule has 1 aliphatic carbocycles. The van der Waals surface area contributed by atoms with Gasteiger partial charge in [0.1, 0.15) is 0 Å². The zero-order chi connectivity index (χ0) is 9.26. The molecule has 0 saturated heterocycles. The van der Waals surface area contributed by atoms with Crippen molar-refractivity contribution in [2.75, 3.05) is 0 Å². The largest absolute Gasteiger partial charge is 0.391 e. The van der Waals surface area contributed by atoms with E-state index in [1.807, 2.05) is 0 Å². The molecule has 1 fully saturated rings. The predicted molar refractivity (Wildman–Crippen MR) is 52.7 cm³/mol. The highest BCUT2D eigenvalue weighted by Gasteiger charge is 2.24. The van der Waals surface area contributed by atoms with Crippen LogP contribution in [0.4, 0.5) is 0 Å². The SMILES string of the molecule is Cc1cccn1[C@@H]1CCCC[C@H]1O. The van der Waals surface area contributed by atoms with Crippen LogP contribution in [0.5, 0.6) is 0 Å². The van der Waals surface area contributed by atoms with E-state index in [1.165, 1.54) is 18.5 Å². The summed E-state index contributed by atoms with van der Waals surface area (Å²) in [5, 5.41) is 9.84. The zero-order valence-electron chi connectivity index (χ0n) is 8.11. The van der Waals surface area contributed by atoms with Crippen molar-refractivity contribution < 1.29 is 5.11 Å². The van der Waals surface area contributed by atoms with E-state index in [4.69, 9.17) is 0 Å². The van der Waals surface area contributed by atoms with Gasteiger partial charge in [-0.25, -0.2) is 0 Å². The minimum absolute atomic E-state index is 0.139. The molecule has 0 unspecified atom stereocenters. The van der Waals surface area contributed by atoms with Crippen LogP contribution in [0.2, 0.25) is 0 Å². The molecule has 0 aromatic carbocycles. The first-order chi connectivity index (χ1) is 6.29. The lowest BCUT2D eigenvalue weighted by Gasteiger charge is -2.30. The van der Waals surface area contributed by atoms with E-state index < -0.39 is 0 Å². The van der Waals surface area contributed by atoms with Crippen LogP contribution in [0.3, 0.4) is 0 Å². The molecule has 0 radical (unpaired) electrons. The van der Waals surface area contributed by atoms with Crippen LogP contribution in [-0.4, -0.2) is 15.8 Å². The fourth-order valence-corrected chi connectivity index (χ4v) is 2.27. The van der Waals surface area contributed by atoms with Gasteiger partial charge in [0.25, 0.3) is 0 Å². The van der Waals surface area contributed by atoms with Crippen molar-refractivity contribution in [3.8, 4) is 0 Å². The van der Waals surface area contributed by atoms with Crippen molar-refractivity contribution >= 4 is 0 Å². The molecule has 1 saturated carbocycles. The minimum Gasteiger partial charge on any atom is -0.391 e. The Bertz CT molecular complexity index is 279. The Kier molecular flexibility index (Phi) is 2.40. The van der Waals surface area contributed by atoms with Crippen molar-refractivity contribution in [2.45, 2.75) is 44.8 Å². The van der Waals surface area contributed by atoms with Crippen LogP contribution in [0.1, 0.15) is 37.4 Å². The second-order valence-electron chi connectivity index (χ2n) is 3.98. The molecule has 1 heterocycles. The number of hydrogen-bond donors (Lipinski definition) is 1. The quantitative estimate of drug-likeness (QED) is 0.703. The summed E-state index contributed by atoms with van der Waals surface area (Å²) in [4.78, 5) is 0. The number of aryl methyl sites for hydroxylation is 1. The molecule has 13 heavy (non-hydrogen) atoms. The van der Waals surface area contributed by atoms with Crippen LogP contribution >= 0.6 is 0 Å². The molecule has 1 aromatic heterocycles. The van der Waals surface area contributed by atoms with E-state index in [2.05, 4.69) is 29.8 Å². The van der Waals surface area contributed by atoms with Crippen LogP contribution in [-0.2, 0) is 0 Å². The van der Waals surface area contributed by atoms with Crippen molar-refractivity contribution in [1.29, 1.82) is 0 Å². The van der Waals surface area contributed by atoms with Gasteiger partial charge in [-0.05, 0) is 31.9 Å². The fourth-order valence-electron chi connectivity index (χ4n) is 2.27. The van der Waals surface area contributed by atoms with Gasteiger partial charge in [0, 0.05) is 11.9 Å². The number of rotatable bonds is 1. The lowest BCUT2D eigenvalue weighted by atomic mass is 9.92. The molecular weight excluding hydrogens is 162 g/mol. The molecule has 72 valence electrons. The Labute approximate surface area is 79.2 Å². The van der Waals surface area contributed by atoms with Gasteiger partial charge in [0.05, 0.1) is 12.1 Å². The van der Waals surface area contributed by atoms with Crippen LogP contribution in [0, 0.1) is 6.92 Å². The van der Waals surface area contributed by atoms with Crippen molar-refractivity contribution in [3.63, 3.8) is 0 Å². The Balaban J connectivity index is 2.19. The summed E-state index contributed by atoms with van der Waals surface area (Å²) >= 11 is 0. The molecule has 0 aliphatic heterocycles. The molecule has 0 spiro atoms. The number of hydrogen-bond acceptors (Lipinski definition) is 1. The number of nitrogens with zero attached hydrogens (tertiary/aromatic N) is 1. The first-order valence-corrected chi connectivity index (χ1v) is 5.10. The Morgan fingerprint density at radius 2 is 2.15 bits per heavy atom. The fraction of sp³-hybridized carbons (Fsp3) is 0.636. The van der Waals surface area contributed by atoms with Crippen LogP contribution in [0.25, 0.3) is 0 Å². The second kappa shape index (κ2) is 3.54. The number of aliphatic hydroxyl groups excluding tert-OH is 1. The lowest BCUT2D eigenvalue weighted by molar-refractivity contribution is 0.0748. The molecule has 2 nitrogen and oxygen atoms in total. The van der Waals surface area contributed by atoms with Gasteiger partial charge in [-0.2, -0.15) is 0 Å². The van der Waals surface area contributed by atoms with Crippen molar-refractivity contribution in [2.24, 2.45) is 0 Å². The molecule has 0 bridgehead atoms. The van der Waals surface area contributed by atoms with Gasteiger partial charge < -0.3 is 9.67 Å². The maximum absolute atomic E-state index is 9.84. The average Bonchev–Trinajstić information content (AvgIpc) is 2.52. The molecule has 2 heteroatoms. The highest BCUT2D eigenvalue weighted by molar-refractivity contribution is 5.07. The van der Waals surface area contributed by atoms with Gasteiger partial charge >= 0.3 is 0 Å². The third kappa shape index (κ3) is 1.63. The van der Waals surface area contributed by atoms with Crippen molar-refractivity contribution in [1.82, 2.24) is 4.57 Å². The van der Waals surface area contributed by atoms with Gasteiger partial charge in [-0.1, -0.05) is 12.8 Å². The molecule has 1 aliphatic rings. The summed E-state index contributed by atoms with van der Waals surface area (Å²) in [7, 11) is 0. The Morgan fingerprint density at radius 3 is 2.77 bits per heavy atom. The molecule has 1 N–H and O–H groups in total. The monoisotopic (exact) mass is 179 g/mol. The average molecular weight is 179 g/mol. The van der Waals surface area contributed by atoms with Gasteiger partial charge in [0.2, 0.25) is 0 Å². The Hall–Kier alpha value is -0.760. The zero-order valence-corrected chi connectivity index (χ0v) is 8.11. The van der Waals surface area contributed by atoms with Gasteiger partial charge in [0.15, 0.2) is 0 Å². The summed E-state index contributed by atoms with van der Waals surface area (Å²) in [6.45, 7) is 2.10. The summed E-state index contributed by atoms with van der Waals surface area (Å²) in [6, 6.07) is 4.47. The number of aliphatic hydroxyl groups is 1. The molecule has 1 aromatic rings. The smallest absolute Gasteiger partial charge is 0.0747 e. The second-order valence-corrected chi connectivity index (χ2v) is 3.98. The van der Waals surface area contributed by atoms with E-state index in [1.54, 1.807) is 0 Å². The minimum atomic E-state index is -0.139. The lowest BCUT2D eigenvalue weighted by Crippen LogP contribution is -2.27. The van der Waals surface area contributed by atoms with E-state index in [-0.39, 0.29) is 6.10 Å². The maximum Gasteiger partial charge on any atom is 0.0747 e. The molecular formula is C11H17NO. The molecule has 2 atom stereocenters. The maximum atomic E-state index is 9.84. The van der Waals surface area contributed by atoms with Crippen molar-refractivity contribution in [3.05, 3.63) is 24.0 Å². The predicted octanol–water partition coefficient (Wildman–Crippen LogP) is 2.27. The van der Waals surface area contributed by atoms with Crippen LogP contribution < -0.4 is 0 Å². The normalized spacial score (nSPS) is 29.1. The van der Waals surface area contributed by atoms with E-state index >= 15 is 0 Å². The van der Waals surface area contributed by atoms with E-state index in [0.29, 0.717) is 6.04 Å². The first kappa shape index (κ1) is 8.82. The highest BCUT2D eigenvalue weighted by atomic mass is 16.3. The Morgan fingerprint density at radius 1 is 1.38 bits per heavy atom. The summed E-state index contributed by atoms with van der Waals surface area (Å²) in [6.07, 6.45) is 6.45. The first-order valence-electron chi connectivity index (χ1n) is 5.10. The molecule has 2 rings (SSSR count). The summed E-state index contributed by atoms with van der Waals surface area (Å²) < 4.78 is 2.21. The summed E-state index contributed by atoms with van der Waals surface area (Å²) in [5.41, 5.74) is 1.26. The van der Waals surface area contributed by atoms with Gasteiger partial charge in [-0.3, -0.25) is 0 Å². The highest BCUT2D eigenvalue weighted by Crippen LogP contribution is 2.29. The van der Waals surface area contributed by atoms with E-state index in [0.717, 1.165) is 12.8 Å². The van der Waals surface area contributed by atoms with Gasteiger partial charge in [-0.15, -0.1) is 0 Å². The topological polar surface area (TPSA) is 25.2 Å². The third-order valence-electron chi connectivity index (χ3n) is 3.04. The van der Waals surface area contributed by atoms with E-state index in [9.17, 15) is 5.11 Å².